The second-order valence-corrected chi connectivity index (χ2v) is 6.22. The van der Waals surface area contributed by atoms with Crippen molar-refractivity contribution in [2.75, 3.05) is 5.75 Å². The zero-order chi connectivity index (χ0) is 14.9. The van der Waals surface area contributed by atoms with Crippen LogP contribution in [0.2, 0.25) is 0 Å². The number of hydrogen-bond acceptors (Lipinski definition) is 3. The molecule has 0 spiro atoms. The molecule has 0 fully saturated rings. The molecule has 0 aromatic carbocycles. The van der Waals surface area contributed by atoms with E-state index in [0.717, 1.165) is 25.7 Å². The number of nitrogens with one attached hydrogen (secondary N) is 1. The van der Waals surface area contributed by atoms with Crippen LogP contribution in [0, 0.1) is 0 Å². The summed E-state index contributed by atoms with van der Waals surface area (Å²) in [4.78, 5) is 11.2. The van der Waals surface area contributed by atoms with Crippen molar-refractivity contribution in [3.8, 4) is 0 Å². The monoisotopic (exact) mass is 303 g/mol. The van der Waals surface area contributed by atoms with Gasteiger partial charge in [0.15, 0.2) is 0 Å². The summed E-state index contributed by atoms with van der Waals surface area (Å²) in [6.45, 7) is 2.04. The van der Waals surface area contributed by atoms with E-state index in [4.69, 9.17) is 0 Å². The van der Waals surface area contributed by atoms with Crippen molar-refractivity contribution in [3.05, 3.63) is 0 Å². The lowest BCUT2D eigenvalue weighted by atomic mass is 10.1. The predicted molar refractivity (Wildman–Crippen MR) is 66.0 cm³/mol. The van der Waals surface area contributed by atoms with E-state index in [2.05, 4.69) is 0 Å². The van der Waals surface area contributed by atoms with Gasteiger partial charge in [-0.1, -0.05) is 32.6 Å². The summed E-state index contributed by atoms with van der Waals surface area (Å²) in [5, 5.41) is 0. The Labute approximate surface area is 111 Å². The van der Waals surface area contributed by atoms with Crippen LogP contribution in [-0.2, 0) is 14.8 Å². The summed E-state index contributed by atoms with van der Waals surface area (Å²) in [5.41, 5.74) is 0. The van der Waals surface area contributed by atoms with Gasteiger partial charge in [0.25, 0.3) is 0 Å². The van der Waals surface area contributed by atoms with E-state index in [1.54, 1.807) is 4.72 Å². The Kier molecular flexibility index (Phi) is 8.05. The van der Waals surface area contributed by atoms with Gasteiger partial charge in [-0.05, 0) is 6.42 Å². The van der Waals surface area contributed by atoms with Gasteiger partial charge in [0, 0.05) is 6.42 Å². The number of hydrogen-bond donors (Lipinski definition) is 1. The van der Waals surface area contributed by atoms with Crippen LogP contribution in [0.15, 0.2) is 0 Å². The SMILES string of the molecule is CCCCCCCC(=O)NS(=O)(=O)CCC(F)(F)F. The van der Waals surface area contributed by atoms with E-state index < -0.39 is 34.3 Å². The topological polar surface area (TPSA) is 63.2 Å². The van der Waals surface area contributed by atoms with E-state index in [1.807, 2.05) is 6.92 Å². The van der Waals surface area contributed by atoms with Crippen molar-refractivity contribution < 1.29 is 26.4 Å². The first kappa shape index (κ1) is 18.2. The van der Waals surface area contributed by atoms with Gasteiger partial charge in [-0.15, -0.1) is 0 Å². The molecule has 0 aliphatic rings. The quantitative estimate of drug-likeness (QED) is 0.666. The van der Waals surface area contributed by atoms with E-state index in [0.29, 0.717) is 6.42 Å². The second kappa shape index (κ2) is 8.39. The first-order valence-corrected chi connectivity index (χ1v) is 7.91. The molecule has 0 saturated carbocycles. The Hall–Kier alpha value is -0.790. The molecule has 4 nitrogen and oxygen atoms in total. The van der Waals surface area contributed by atoms with Crippen molar-refractivity contribution in [2.24, 2.45) is 0 Å². The number of sulfonamides is 1. The van der Waals surface area contributed by atoms with Gasteiger partial charge in [-0.3, -0.25) is 9.52 Å². The summed E-state index contributed by atoms with van der Waals surface area (Å²) >= 11 is 0. The first-order chi connectivity index (χ1) is 8.66. The molecular weight excluding hydrogens is 283 g/mol. The molecule has 0 radical (unpaired) electrons. The highest BCUT2D eigenvalue weighted by Gasteiger charge is 2.30. The van der Waals surface area contributed by atoms with Crippen molar-refractivity contribution in [3.63, 3.8) is 0 Å². The molecule has 0 aliphatic heterocycles. The Morgan fingerprint density at radius 1 is 1.11 bits per heavy atom. The summed E-state index contributed by atoms with van der Waals surface area (Å²) in [6.07, 6.45) is -1.56. The maximum atomic E-state index is 11.9. The predicted octanol–water partition coefficient (Wildman–Crippen LogP) is 2.75. The minimum atomic E-state index is -4.54. The highest BCUT2D eigenvalue weighted by atomic mass is 32.2. The lowest BCUT2D eigenvalue weighted by Crippen LogP contribution is -2.33. The zero-order valence-corrected chi connectivity index (χ0v) is 11.7. The summed E-state index contributed by atoms with van der Waals surface area (Å²) < 4.78 is 59.6. The van der Waals surface area contributed by atoms with Gasteiger partial charge in [-0.25, -0.2) is 8.42 Å². The number of halogens is 3. The molecule has 0 unspecified atom stereocenters. The van der Waals surface area contributed by atoms with Crippen LogP contribution in [0.1, 0.15) is 51.9 Å². The second-order valence-electron chi connectivity index (χ2n) is 4.37. The van der Waals surface area contributed by atoms with Gasteiger partial charge in [0.05, 0.1) is 12.2 Å². The standard InChI is InChI=1S/C11H20F3NO3S/c1-2-3-4-5-6-7-10(16)15-19(17,18)9-8-11(12,13)14/h2-9H2,1H3,(H,15,16). The number of unbranched alkanes of at least 4 members (excludes halogenated alkanes) is 4. The Morgan fingerprint density at radius 3 is 2.21 bits per heavy atom. The van der Waals surface area contributed by atoms with E-state index in [9.17, 15) is 26.4 Å². The molecule has 0 aromatic heterocycles. The van der Waals surface area contributed by atoms with Crippen LogP contribution in [0.4, 0.5) is 13.2 Å². The van der Waals surface area contributed by atoms with Crippen molar-refractivity contribution >= 4 is 15.9 Å². The number of carbonyl (C=O) groups excluding carboxylic acids is 1. The maximum absolute atomic E-state index is 11.9. The Bertz CT molecular complexity index is 366. The maximum Gasteiger partial charge on any atom is 0.390 e. The number of rotatable bonds is 9. The molecule has 0 aromatic rings. The fraction of sp³-hybridized carbons (Fsp3) is 0.909. The molecule has 0 atom stereocenters. The largest absolute Gasteiger partial charge is 0.390 e. The molecule has 0 saturated heterocycles. The van der Waals surface area contributed by atoms with Crippen LogP contribution in [0.5, 0.6) is 0 Å². The summed E-state index contributed by atoms with van der Waals surface area (Å²) in [7, 11) is -4.18. The highest BCUT2D eigenvalue weighted by molar-refractivity contribution is 7.90. The van der Waals surface area contributed by atoms with Gasteiger partial charge in [0.2, 0.25) is 15.9 Å². The fourth-order valence-electron chi connectivity index (χ4n) is 1.41. The van der Waals surface area contributed by atoms with E-state index >= 15 is 0 Å². The van der Waals surface area contributed by atoms with Gasteiger partial charge in [0.1, 0.15) is 0 Å². The van der Waals surface area contributed by atoms with Crippen molar-refractivity contribution in [2.45, 2.75) is 58.0 Å². The molecular formula is C11H20F3NO3S. The summed E-state index contributed by atoms with van der Waals surface area (Å²) in [6, 6.07) is 0. The molecule has 114 valence electrons. The van der Waals surface area contributed by atoms with E-state index in [-0.39, 0.29) is 6.42 Å². The molecule has 0 rings (SSSR count). The smallest absolute Gasteiger partial charge is 0.274 e. The summed E-state index contributed by atoms with van der Waals surface area (Å²) in [5.74, 6) is -1.85. The first-order valence-electron chi connectivity index (χ1n) is 6.26. The molecule has 0 heterocycles. The molecule has 0 aliphatic carbocycles. The minimum absolute atomic E-state index is 0.0228. The average molecular weight is 303 g/mol. The molecule has 8 heteroatoms. The third kappa shape index (κ3) is 12.0. The van der Waals surface area contributed by atoms with Gasteiger partial charge < -0.3 is 0 Å². The zero-order valence-electron chi connectivity index (χ0n) is 10.9. The average Bonchev–Trinajstić information content (AvgIpc) is 2.25. The minimum Gasteiger partial charge on any atom is -0.274 e. The van der Waals surface area contributed by atoms with E-state index in [1.165, 1.54) is 0 Å². The van der Waals surface area contributed by atoms with Crippen LogP contribution < -0.4 is 4.72 Å². The third-order valence-corrected chi connectivity index (χ3v) is 3.71. The molecule has 1 N–H and O–H groups in total. The van der Waals surface area contributed by atoms with Crippen LogP contribution in [0.3, 0.4) is 0 Å². The van der Waals surface area contributed by atoms with Crippen LogP contribution in [-0.4, -0.2) is 26.3 Å². The van der Waals surface area contributed by atoms with Crippen molar-refractivity contribution in [1.82, 2.24) is 4.72 Å². The lowest BCUT2D eigenvalue weighted by Gasteiger charge is -2.08. The number of alkyl halides is 3. The van der Waals surface area contributed by atoms with Crippen LogP contribution >= 0.6 is 0 Å². The van der Waals surface area contributed by atoms with Crippen molar-refractivity contribution in [1.29, 1.82) is 0 Å². The molecule has 0 bridgehead atoms. The Balaban J connectivity index is 3.90. The lowest BCUT2D eigenvalue weighted by molar-refractivity contribution is -0.130. The number of carbonyl (C=O) groups is 1. The van der Waals surface area contributed by atoms with Gasteiger partial charge >= 0.3 is 6.18 Å². The van der Waals surface area contributed by atoms with Gasteiger partial charge in [-0.2, -0.15) is 13.2 Å². The third-order valence-electron chi connectivity index (χ3n) is 2.43. The highest BCUT2D eigenvalue weighted by Crippen LogP contribution is 2.19. The molecule has 19 heavy (non-hydrogen) atoms. The fourth-order valence-corrected chi connectivity index (χ4v) is 2.47. The normalized spacial score (nSPS) is 12.4. The number of amides is 1. The van der Waals surface area contributed by atoms with Crippen LogP contribution in [0.25, 0.3) is 0 Å². The molecule has 1 amide bonds. The Morgan fingerprint density at radius 2 is 1.68 bits per heavy atom.